The first-order valence-electron chi connectivity index (χ1n) is 7.82. The number of ether oxygens (including phenoxy) is 1. The van der Waals surface area contributed by atoms with E-state index >= 15 is 0 Å². The number of para-hydroxylation sites is 1. The zero-order valence-electron chi connectivity index (χ0n) is 12.7. The summed E-state index contributed by atoms with van der Waals surface area (Å²) in [5.74, 6) is 2.51. The average molecular weight is 325 g/mol. The van der Waals surface area contributed by atoms with Crippen molar-refractivity contribution in [3.63, 3.8) is 0 Å². The Kier molecular flexibility index (Phi) is 5.07. The Bertz CT molecular complexity index is 480. The van der Waals surface area contributed by atoms with Crippen LogP contribution < -0.4 is 4.74 Å². The average Bonchev–Trinajstić information content (AvgIpc) is 2.50. The molecule has 1 aromatic carbocycles. The molecule has 1 saturated heterocycles. The Morgan fingerprint density at radius 2 is 2.10 bits per heavy atom. The molecule has 2 aliphatic heterocycles. The number of thioether (sulfide) groups is 2. The molecule has 0 aromatic heterocycles. The minimum absolute atomic E-state index is 0.214. The fraction of sp³-hybridized carbons (Fsp3) is 0.647. The molecule has 2 aliphatic rings. The summed E-state index contributed by atoms with van der Waals surface area (Å²) in [6, 6.07) is 8.29. The summed E-state index contributed by atoms with van der Waals surface area (Å²) >= 11 is 3.98. The molecule has 2 nitrogen and oxygen atoms in total. The van der Waals surface area contributed by atoms with Crippen LogP contribution in [0.3, 0.4) is 0 Å². The van der Waals surface area contributed by atoms with Gasteiger partial charge in [0.05, 0.1) is 12.7 Å². The third kappa shape index (κ3) is 3.54. The van der Waals surface area contributed by atoms with E-state index in [1.807, 2.05) is 35.7 Å². The summed E-state index contributed by atoms with van der Waals surface area (Å²) in [6.07, 6.45) is 1.66. The quantitative estimate of drug-likeness (QED) is 0.912. The van der Waals surface area contributed by atoms with Crippen molar-refractivity contribution in [2.75, 3.05) is 12.4 Å². The third-order valence-electron chi connectivity index (χ3n) is 4.61. The van der Waals surface area contributed by atoms with E-state index in [0.717, 1.165) is 31.0 Å². The van der Waals surface area contributed by atoms with Crippen LogP contribution in [0.1, 0.15) is 38.2 Å². The second-order valence-electron chi connectivity index (χ2n) is 6.09. The van der Waals surface area contributed by atoms with Gasteiger partial charge in [-0.15, -0.1) is 0 Å². The lowest BCUT2D eigenvalue weighted by Gasteiger charge is -2.35. The van der Waals surface area contributed by atoms with E-state index < -0.39 is 0 Å². The largest absolute Gasteiger partial charge is 0.493 e. The van der Waals surface area contributed by atoms with Gasteiger partial charge < -0.3 is 9.84 Å². The van der Waals surface area contributed by atoms with Crippen molar-refractivity contribution in [1.29, 1.82) is 0 Å². The molecule has 0 saturated carbocycles. The van der Waals surface area contributed by atoms with Gasteiger partial charge in [0.25, 0.3) is 0 Å². The lowest BCUT2D eigenvalue weighted by atomic mass is 9.87. The van der Waals surface area contributed by atoms with Crippen molar-refractivity contribution < 1.29 is 9.84 Å². The molecule has 21 heavy (non-hydrogen) atoms. The van der Waals surface area contributed by atoms with Gasteiger partial charge in [0.2, 0.25) is 0 Å². The summed E-state index contributed by atoms with van der Waals surface area (Å²) < 4.78 is 5.72. The normalized spacial score (nSPS) is 33.9. The number of hydrogen-bond acceptors (Lipinski definition) is 4. The first-order valence-corrected chi connectivity index (χ1v) is 9.81. The highest BCUT2D eigenvalue weighted by molar-refractivity contribution is 8.07. The molecule has 0 spiro atoms. The Morgan fingerprint density at radius 1 is 1.29 bits per heavy atom. The fourth-order valence-corrected chi connectivity index (χ4v) is 6.14. The number of rotatable bonds is 3. The summed E-state index contributed by atoms with van der Waals surface area (Å²) in [4.78, 5) is 0. The Morgan fingerprint density at radius 3 is 2.90 bits per heavy atom. The van der Waals surface area contributed by atoms with Crippen molar-refractivity contribution in [3.8, 4) is 5.75 Å². The lowest BCUT2D eigenvalue weighted by Crippen LogP contribution is -2.35. The van der Waals surface area contributed by atoms with Crippen LogP contribution in [-0.4, -0.2) is 39.3 Å². The second-order valence-corrected chi connectivity index (χ2v) is 9.12. The molecule has 1 fully saturated rings. The van der Waals surface area contributed by atoms with Gasteiger partial charge in [0.1, 0.15) is 5.75 Å². The highest BCUT2D eigenvalue weighted by atomic mass is 32.2. The van der Waals surface area contributed by atoms with Crippen molar-refractivity contribution in [2.45, 2.75) is 54.5 Å². The SMILES string of the molecule is CC1SCC(C(O)CC2CCOc3ccccc32)SC1C. The predicted molar refractivity (Wildman–Crippen MR) is 92.7 cm³/mol. The monoisotopic (exact) mass is 324 g/mol. The van der Waals surface area contributed by atoms with Gasteiger partial charge in [-0.1, -0.05) is 32.0 Å². The Balaban J connectivity index is 1.64. The zero-order chi connectivity index (χ0) is 14.8. The summed E-state index contributed by atoms with van der Waals surface area (Å²) in [5.41, 5.74) is 1.28. The molecule has 3 rings (SSSR count). The molecule has 0 radical (unpaired) electrons. The third-order valence-corrected chi connectivity index (χ3v) is 8.15. The van der Waals surface area contributed by atoms with Crippen LogP contribution in [0, 0.1) is 0 Å². The lowest BCUT2D eigenvalue weighted by molar-refractivity contribution is 0.145. The van der Waals surface area contributed by atoms with Crippen LogP contribution in [-0.2, 0) is 0 Å². The van der Waals surface area contributed by atoms with E-state index in [2.05, 4.69) is 26.0 Å². The molecule has 1 N–H and O–H groups in total. The van der Waals surface area contributed by atoms with Gasteiger partial charge in [0.15, 0.2) is 0 Å². The van der Waals surface area contributed by atoms with Crippen LogP contribution in [0.5, 0.6) is 5.75 Å². The number of aliphatic hydroxyl groups excluding tert-OH is 1. The molecule has 5 atom stereocenters. The molecule has 5 unspecified atom stereocenters. The maximum Gasteiger partial charge on any atom is 0.122 e. The van der Waals surface area contributed by atoms with Crippen LogP contribution in [0.2, 0.25) is 0 Å². The number of fused-ring (bicyclic) bond motifs is 1. The van der Waals surface area contributed by atoms with Crippen LogP contribution in [0.4, 0.5) is 0 Å². The van der Waals surface area contributed by atoms with Crippen molar-refractivity contribution >= 4 is 23.5 Å². The van der Waals surface area contributed by atoms with Crippen molar-refractivity contribution in [3.05, 3.63) is 29.8 Å². The molecule has 2 heterocycles. The van der Waals surface area contributed by atoms with Crippen LogP contribution >= 0.6 is 23.5 Å². The second kappa shape index (κ2) is 6.84. The number of aliphatic hydroxyl groups is 1. The molecule has 116 valence electrons. The standard InChI is InChI=1S/C17H24O2S2/c1-11-12(2)21-17(10-20-11)15(18)9-13-7-8-19-16-6-4-3-5-14(13)16/h3-6,11-13,15,17-18H,7-10H2,1-2H3. The van der Waals surface area contributed by atoms with E-state index in [1.54, 1.807) is 0 Å². The number of benzene rings is 1. The van der Waals surface area contributed by atoms with E-state index in [0.29, 0.717) is 21.7 Å². The summed E-state index contributed by atoms with van der Waals surface area (Å²) in [7, 11) is 0. The van der Waals surface area contributed by atoms with E-state index in [9.17, 15) is 5.11 Å². The molecule has 0 aliphatic carbocycles. The van der Waals surface area contributed by atoms with Gasteiger partial charge >= 0.3 is 0 Å². The maximum atomic E-state index is 10.7. The first kappa shape index (κ1) is 15.6. The highest BCUT2D eigenvalue weighted by Crippen LogP contribution is 2.41. The molecule has 0 bridgehead atoms. The zero-order valence-corrected chi connectivity index (χ0v) is 14.3. The highest BCUT2D eigenvalue weighted by Gasteiger charge is 2.33. The van der Waals surface area contributed by atoms with Crippen molar-refractivity contribution in [2.24, 2.45) is 0 Å². The van der Waals surface area contributed by atoms with Crippen LogP contribution in [0.15, 0.2) is 24.3 Å². The molecule has 0 amide bonds. The first-order chi connectivity index (χ1) is 10.1. The summed E-state index contributed by atoms with van der Waals surface area (Å²) in [6.45, 7) is 5.35. The van der Waals surface area contributed by atoms with Gasteiger partial charge in [0, 0.05) is 21.5 Å². The topological polar surface area (TPSA) is 29.5 Å². The van der Waals surface area contributed by atoms with Crippen molar-refractivity contribution in [1.82, 2.24) is 0 Å². The predicted octanol–water partition coefficient (Wildman–Crippen LogP) is 3.93. The smallest absolute Gasteiger partial charge is 0.122 e. The van der Waals surface area contributed by atoms with E-state index in [-0.39, 0.29) is 6.10 Å². The van der Waals surface area contributed by atoms with Crippen LogP contribution in [0.25, 0.3) is 0 Å². The Labute approximate surface area is 136 Å². The van der Waals surface area contributed by atoms with Gasteiger partial charge in [-0.05, 0) is 30.4 Å². The minimum Gasteiger partial charge on any atom is -0.493 e. The molecule has 1 aromatic rings. The van der Waals surface area contributed by atoms with E-state index in [1.165, 1.54) is 5.56 Å². The molecular formula is C17H24O2S2. The fourth-order valence-electron chi connectivity index (χ4n) is 3.11. The van der Waals surface area contributed by atoms with Gasteiger partial charge in [-0.25, -0.2) is 0 Å². The molecular weight excluding hydrogens is 300 g/mol. The number of hydrogen-bond donors (Lipinski definition) is 1. The Hall–Kier alpha value is -0.320. The summed E-state index contributed by atoms with van der Waals surface area (Å²) in [5, 5.41) is 12.4. The van der Waals surface area contributed by atoms with Gasteiger partial charge in [-0.3, -0.25) is 0 Å². The minimum atomic E-state index is -0.214. The molecule has 4 heteroatoms. The maximum absolute atomic E-state index is 10.7. The van der Waals surface area contributed by atoms with E-state index in [4.69, 9.17) is 4.74 Å². The van der Waals surface area contributed by atoms with Gasteiger partial charge in [-0.2, -0.15) is 23.5 Å².